The van der Waals surface area contributed by atoms with Crippen LogP contribution >= 0.6 is 0 Å². The molecule has 0 aliphatic heterocycles. The predicted octanol–water partition coefficient (Wildman–Crippen LogP) is 6.71. The molecule has 4 heteroatoms. The second-order valence-electron chi connectivity index (χ2n) is 8.13. The van der Waals surface area contributed by atoms with Gasteiger partial charge >= 0.3 is 0 Å². The zero-order valence-electron chi connectivity index (χ0n) is 19.7. The lowest BCUT2D eigenvalue weighted by molar-refractivity contribution is -0.107. The van der Waals surface area contributed by atoms with Crippen molar-refractivity contribution in [1.82, 2.24) is 0 Å². The molecule has 0 spiro atoms. The summed E-state index contributed by atoms with van der Waals surface area (Å²) in [6, 6.07) is 34.6. The van der Waals surface area contributed by atoms with Crippen LogP contribution in [0.4, 0.5) is 0 Å². The highest BCUT2D eigenvalue weighted by atomic mass is 16.5. The van der Waals surface area contributed by atoms with Gasteiger partial charge < -0.3 is 9.47 Å². The van der Waals surface area contributed by atoms with Crippen molar-refractivity contribution < 1.29 is 19.1 Å². The lowest BCUT2D eigenvalue weighted by Gasteiger charge is -2.08. The van der Waals surface area contributed by atoms with Gasteiger partial charge in [-0.25, -0.2) is 0 Å². The van der Waals surface area contributed by atoms with Crippen LogP contribution in [-0.4, -0.2) is 12.6 Å². The van der Waals surface area contributed by atoms with Gasteiger partial charge in [-0.1, -0.05) is 84.9 Å². The Kier molecular flexibility index (Phi) is 8.60. The van der Waals surface area contributed by atoms with E-state index in [0.717, 1.165) is 22.3 Å². The second kappa shape index (κ2) is 12.7. The van der Waals surface area contributed by atoms with Crippen LogP contribution in [0.25, 0.3) is 12.2 Å². The summed E-state index contributed by atoms with van der Waals surface area (Å²) in [6.45, 7) is 0.882. The summed E-state index contributed by atoms with van der Waals surface area (Å²) in [4.78, 5) is 23.8. The quantitative estimate of drug-likeness (QED) is 0.138. The van der Waals surface area contributed by atoms with Gasteiger partial charge in [0, 0.05) is 11.1 Å². The molecule has 4 rings (SSSR count). The maximum atomic E-state index is 11.9. The average molecular weight is 475 g/mol. The van der Waals surface area contributed by atoms with Crippen LogP contribution in [0.3, 0.4) is 0 Å². The molecule has 0 unspecified atom stereocenters. The van der Waals surface area contributed by atoms with Crippen molar-refractivity contribution in [3.63, 3.8) is 0 Å². The Morgan fingerprint density at radius 2 is 0.944 bits per heavy atom. The van der Waals surface area contributed by atoms with Gasteiger partial charge in [-0.3, -0.25) is 9.59 Å². The van der Waals surface area contributed by atoms with Gasteiger partial charge in [0.05, 0.1) is 0 Å². The Labute approximate surface area is 211 Å². The van der Waals surface area contributed by atoms with Gasteiger partial charge in [0.2, 0.25) is 0 Å². The third-order valence-electron chi connectivity index (χ3n) is 5.44. The van der Waals surface area contributed by atoms with Gasteiger partial charge in [-0.15, -0.1) is 0 Å². The van der Waals surface area contributed by atoms with Crippen LogP contribution in [0, 0.1) is 0 Å². The summed E-state index contributed by atoms with van der Waals surface area (Å²) in [6.07, 6.45) is 4.73. The van der Waals surface area contributed by atoms with E-state index in [2.05, 4.69) is 0 Å². The molecular formula is C32H26O4. The van der Waals surface area contributed by atoms with Crippen LogP contribution in [0.1, 0.15) is 22.3 Å². The molecule has 0 saturated heterocycles. The molecule has 0 N–H and O–H groups in total. The number of carbonyl (C=O) groups is 2. The fourth-order valence-electron chi connectivity index (χ4n) is 3.60. The molecule has 4 aromatic rings. The van der Waals surface area contributed by atoms with Gasteiger partial charge in [0.1, 0.15) is 24.7 Å². The largest absolute Gasteiger partial charge is 0.489 e. The summed E-state index contributed by atoms with van der Waals surface area (Å²) < 4.78 is 11.8. The van der Waals surface area contributed by atoms with Crippen molar-refractivity contribution in [3.05, 3.63) is 143 Å². The van der Waals surface area contributed by atoms with Crippen molar-refractivity contribution >= 4 is 24.7 Å². The lowest BCUT2D eigenvalue weighted by atomic mass is 10.0. The summed E-state index contributed by atoms with van der Waals surface area (Å²) >= 11 is 0. The number of ether oxygens (including phenoxy) is 2. The van der Waals surface area contributed by atoms with E-state index in [1.807, 2.05) is 109 Å². The van der Waals surface area contributed by atoms with Gasteiger partial charge in [0.15, 0.2) is 12.6 Å². The Bertz CT molecular complexity index is 1250. The summed E-state index contributed by atoms with van der Waals surface area (Å²) in [5, 5.41) is 0. The molecule has 0 heterocycles. The van der Waals surface area contributed by atoms with Crippen molar-refractivity contribution in [3.8, 4) is 11.5 Å². The highest BCUT2D eigenvalue weighted by Gasteiger charge is 2.06. The first kappa shape index (κ1) is 24.4. The van der Waals surface area contributed by atoms with Crippen LogP contribution < -0.4 is 9.47 Å². The van der Waals surface area contributed by atoms with Crippen LogP contribution in [0.2, 0.25) is 0 Å². The lowest BCUT2D eigenvalue weighted by Crippen LogP contribution is -1.96. The monoisotopic (exact) mass is 474 g/mol. The summed E-state index contributed by atoms with van der Waals surface area (Å²) in [5.41, 5.74) is 4.20. The maximum Gasteiger partial charge on any atom is 0.150 e. The first-order chi connectivity index (χ1) is 17.7. The zero-order chi connectivity index (χ0) is 25.0. The number of benzene rings is 4. The molecule has 0 saturated carbocycles. The van der Waals surface area contributed by atoms with E-state index in [1.165, 1.54) is 0 Å². The number of carbonyl (C=O) groups excluding carboxylic acids is 2. The molecule has 0 fully saturated rings. The first-order valence-electron chi connectivity index (χ1n) is 11.6. The Balaban J connectivity index is 1.49. The molecule has 178 valence electrons. The van der Waals surface area contributed by atoms with Crippen molar-refractivity contribution in [2.75, 3.05) is 0 Å². The van der Waals surface area contributed by atoms with E-state index in [0.29, 0.717) is 37.3 Å². The average Bonchev–Trinajstić information content (AvgIpc) is 2.94. The van der Waals surface area contributed by atoms with E-state index in [9.17, 15) is 9.59 Å². The fraction of sp³-hybridized carbons (Fsp3) is 0.0625. The Hall–Kier alpha value is -4.70. The van der Waals surface area contributed by atoms with E-state index in [-0.39, 0.29) is 11.1 Å². The van der Waals surface area contributed by atoms with Gasteiger partial charge in [-0.2, -0.15) is 0 Å². The number of rotatable bonds is 11. The van der Waals surface area contributed by atoms with Crippen LogP contribution in [0.15, 0.2) is 120 Å². The van der Waals surface area contributed by atoms with Crippen molar-refractivity contribution in [2.45, 2.75) is 13.2 Å². The molecule has 4 aromatic carbocycles. The fourth-order valence-corrected chi connectivity index (χ4v) is 3.60. The molecule has 0 atom stereocenters. The topological polar surface area (TPSA) is 52.6 Å². The minimum atomic E-state index is 0.279. The van der Waals surface area contributed by atoms with Crippen LogP contribution in [0.5, 0.6) is 11.5 Å². The normalized spacial score (nSPS) is 11.6. The molecule has 0 bridgehead atoms. The first-order valence-corrected chi connectivity index (χ1v) is 11.6. The van der Waals surface area contributed by atoms with Crippen LogP contribution in [-0.2, 0) is 22.8 Å². The van der Waals surface area contributed by atoms with E-state index < -0.39 is 0 Å². The van der Waals surface area contributed by atoms with Gasteiger partial charge in [-0.05, 0) is 58.7 Å². The number of allylic oxidation sites excluding steroid dienone is 2. The molecule has 0 aromatic heterocycles. The third-order valence-corrected chi connectivity index (χ3v) is 5.44. The van der Waals surface area contributed by atoms with E-state index in [1.54, 1.807) is 12.2 Å². The Morgan fingerprint density at radius 1 is 0.528 bits per heavy atom. The number of hydrogen-bond donors (Lipinski definition) is 0. The molecule has 0 aliphatic carbocycles. The number of hydrogen-bond acceptors (Lipinski definition) is 4. The van der Waals surface area contributed by atoms with Crippen molar-refractivity contribution in [1.29, 1.82) is 0 Å². The predicted molar refractivity (Wildman–Crippen MR) is 143 cm³/mol. The zero-order valence-corrected chi connectivity index (χ0v) is 19.7. The Morgan fingerprint density at radius 3 is 1.33 bits per heavy atom. The maximum absolute atomic E-state index is 11.9. The molecule has 4 nitrogen and oxygen atoms in total. The minimum Gasteiger partial charge on any atom is -0.489 e. The van der Waals surface area contributed by atoms with E-state index in [4.69, 9.17) is 9.47 Å². The van der Waals surface area contributed by atoms with Crippen molar-refractivity contribution in [2.24, 2.45) is 0 Å². The second-order valence-corrected chi connectivity index (χ2v) is 8.13. The molecule has 0 radical (unpaired) electrons. The summed E-state index contributed by atoms with van der Waals surface area (Å²) in [5.74, 6) is 1.36. The highest BCUT2D eigenvalue weighted by molar-refractivity contribution is 6.02. The standard InChI is InChI=1S/C32H26O4/c33-21-29(17-27-13-7-15-31(19-27)35-23-25-9-3-1-4-10-25)30(22-34)18-28-14-8-16-32(20-28)36-24-26-11-5-2-6-12-26/h1-22H,23-24H2. The smallest absolute Gasteiger partial charge is 0.150 e. The molecule has 0 amide bonds. The third kappa shape index (κ3) is 7.15. The molecule has 36 heavy (non-hydrogen) atoms. The number of aldehydes is 2. The minimum absolute atomic E-state index is 0.279. The SMILES string of the molecule is O=CC(=Cc1cccc(OCc2ccccc2)c1)C(C=O)=Cc1cccc(OCc2ccccc2)c1. The molecule has 0 aliphatic rings. The van der Waals surface area contributed by atoms with E-state index >= 15 is 0 Å². The summed E-state index contributed by atoms with van der Waals surface area (Å²) in [7, 11) is 0. The highest BCUT2D eigenvalue weighted by Crippen LogP contribution is 2.22. The molecular weight excluding hydrogens is 448 g/mol. The van der Waals surface area contributed by atoms with Gasteiger partial charge in [0.25, 0.3) is 0 Å².